The van der Waals surface area contributed by atoms with Crippen molar-refractivity contribution in [2.75, 3.05) is 4.72 Å². The molecule has 0 fully saturated rings. The number of nitrogens with zero attached hydrogens (tertiary/aromatic N) is 2. The molecule has 3 aromatic rings. The summed E-state index contributed by atoms with van der Waals surface area (Å²) in [6.07, 6.45) is 0. The van der Waals surface area contributed by atoms with E-state index >= 15 is 0 Å². The number of rotatable bonds is 4. The third kappa shape index (κ3) is 3.39. The van der Waals surface area contributed by atoms with Gasteiger partial charge in [0.05, 0.1) is 5.69 Å². The maximum atomic E-state index is 12.5. The largest absolute Gasteiger partial charge is 0.339 e. The number of hydrogen-bond acceptors (Lipinski definition) is 6. The van der Waals surface area contributed by atoms with Crippen LogP contribution >= 0.6 is 22.9 Å². The molecular formula is C14H12ClN3O3S2. The molecule has 1 N–H and O–H groups in total. The van der Waals surface area contributed by atoms with E-state index in [1.807, 2.05) is 0 Å². The van der Waals surface area contributed by atoms with Crippen LogP contribution in [0.5, 0.6) is 0 Å². The summed E-state index contributed by atoms with van der Waals surface area (Å²) in [5.74, 6) is 0.786. The highest BCUT2D eigenvalue weighted by Gasteiger charge is 2.19. The summed E-state index contributed by atoms with van der Waals surface area (Å²) in [6, 6.07) is 6.48. The van der Waals surface area contributed by atoms with E-state index in [9.17, 15) is 8.42 Å². The number of benzene rings is 1. The molecule has 2 aromatic heterocycles. The maximum absolute atomic E-state index is 12.5. The van der Waals surface area contributed by atoms with Gasteiger partial charge in [-0.05, 0) is 36.8 Å². The summed E-state index contributed by atoms with van der Waals surface area (Å²) < 4.78 is 32.6. The van der Waals surface area contributed by atoms with Crippen LogP contribution in [0.1, 0.15) is 11.5 Å². The Bertz CT molecular complexity index is 963. The van der Waals surface area contributed by atoms with Gasteiger partial charge in [-0.25, -0.2) is 8.42 Å². The predicted octanol–water partition coefficient (Wildman–Crippen LogP) is 3.87. The molecule has 0 aliphatic rings. The van der Waals surface area contributed by atoms with E-state index in [0.29, 0.717) is 28.0 Å². The Labute approximate surface area is 142 Å². The van der Waals surface area contributed by atoms with Gasteiger partial charge in [0.1, 0.15) is 4.21 Å². The molecule has 0 saturated carbocycles. The molecule has 0 saturated heterocycles. The quantitative estimate of drug-likeness (QED) is 0.754. The van der Waals surface area contributed by atoms with Crippen molar-refractivity contribution in [3.8, 4) is 11.4 Å². The van der Waals surface area contributed by atoms with E-state index in [2.05, 4.69) is 14.9 Å². The van der Waals surface area contributed by atoms with E-state index in [1.54, 1.807) is 37.4 Å². The Morgan fingerprint density at radius 3 is 2.70 bits per heavy atom. The first-order valence-electron chi connectivity index (χ1n) is 6.53. The third-order valence-corrected chi connectivity index (χ3v) is 6.10. The molecule has 0 unspecified atom stereocenters. The first-order valence-corrected chi connectivity index (χ1v) is 9.27. The second kappa shape index (κ2) is 5.95. The van der Waals surface area contributed by atoms with Gasteiger partial charge in [-0.1, -0.05) is 16.8 Å². The molecule has 1 aromatic carbocycles. The molecule has 23 heavy (non-hydrogen) atoms. The molecule has 0 amide bonds. The zero-order chi connectivity index (χ0) is 16.6. The second-order valence-electron chi connectivity index (χ2n) is 4.86. The Balaban J connectivity index is 1.89. The van der Waals surface area contributed by atoms with Crippen molar-refractivity contribution in [3.05, 3.63) is 46.1 Å². The molecular weight excluding hydrogens is 358 g/mol. The van der Waals surface area contributed by atoms with Gasteiger partial charge < -0.3 is 4.52 Å². The second-order valence-corrected chi connectivity index (χ2v) is 8.11. The number of aromatic nitrogens is 2. The summed E-state index contributed by atoms with van der Waals surface area (Å²) in [7, 11) is -3.69. The van der Waals surface area contributed by atoms with Gasteiger partial charge in [-0.15, -0.1) is 11.3 Å². The Hall–Kier alpha value is -1.90. The van der Waals surface area contributed by atoms with Crippen molar-refractivity contribution in [2.24, 2.45) is 0 Å². The molecule has 0 radical (unpaired) electrons. The van der Waals surface area contributed by atoms with Crippen LogP contribution in [-0.4, -0.2) is 18.6 Å². The fourth-order valence-electron chi connectivity index (χ4n) is 1.93. The monoisotopic (exact) mass is 369 g/mol. The number of anilines is 1. The van der Waals surface area contributed by atoms with Crippen LogP contribution in [0, 0.1) is 13.8 Å². The Kier molecular flexibility index (Phi) is 4.13. The zero-order valence-corrected chi connectivity index (χ0v) is 14.6. The smallest absolute Gasteiger partial charge is 0.271 e. The molecule has 3 rings (SSSR count). The Morgan fingerprint density at radius 2 is 2.04 bits per heavy atom. The minimum absolute atomic E-state index is 0.171. The summed E-state index contributed by atoms with van der Waals surface area (Å²) in [6.45, 7) is 3.46. The van der Waals surface area contributed by atoms with Crippen molar-refractivity contribution < 1.29 is 12.9 Å². The van der Waals surface area contributed by atoms with Gasteiger partial charge in [0.2, 0.25) is 11.7 Å². The lowest BCUT2D eigenvalue weighted by atomic mass is 10.2. The minimum Gasteiger partial charge on any atom is -0.339 e. The molecule has 2 heterocycles. The van der Waals surface area contributed by atoms with Gasteiger partial charge in [0.25, 0.3) is 10.0 Å². The fraction of sp³-hybridized carbons (Fsp3) is 0.143. The van der Waals surface area contributed by atoms with Gasteiger partial charge in [-0.2, -0.15) is 4.98 Å². The van der Waals surface area contributed by atoms with Gasteiger partial charge in [-0.3, -0.25) is 4.72 Å². The topological polar surface area (TPSA) is 85.1 Å². The van der Waals surface area contributed by atoms with Crippen LogP contribution in [0.2, 0.25) is 5.02 Å². The van der Waals surface area contributed by atoms with E-state index in [1.165, 1.54) is 6.07 Å². The van der Waals surface area contributed by atoms with Crippen molar-refractivity contribution in [3.63, 3.8) is 0 Å². The lowest BCUT2D eigenvalue weighted by molar-refractivity contribution is 0.394. The first kappa shape index (κ1) is 16.0. The van der Waals surface area contributed by atoms with Gasteiger partial charge in [0, 0.05) is 22.9 Å². The molecule has 0 bridgehead atoms. The van der Waals surface area contributed by atoms with Crippen LogP contribution in [0.4, 0.5) is 5.69 Å². The summed E-state index contributed by atoms with van der Waals surface area (Å²) >= 11 is 6.97. The molecule has 0 aliphatic carbocycles. The maximum Gasteiger partial charge on any atom is 0.271 e. The highest BCUT2D eigenvalue weighted by Crippen LogP contribution is 2.29. The average molecular weight is 370 g/mol. The number of sulfonamides is 1. The van der Waals surface area contributed by atoms with Crippen LogP contribution in [0.15, 0.2) is 38.4 Å². The molecule has 0 aliphatic heterocycles. The molecule has 6 nitrogen and oxygen atoms in total. The first-order chi connectivity index (χ1) is 10.8. The number of halogens is 1. The van der Waals surface area contributed by atoms with Crippen LogP contribution in [0.3, 0.4) is 0 Å². The van der Waals surface area contributed by atoms with Crippen molar-refractivity contribution in [2.45, 2.75) is 18.1 Å². The lowest BCUT2D eigenvalue weighted by Gasteiger charge is -2.09. The van der Waals surface area contributed by atoms with E-state index < -0.39 is 10.0 Å². The molecule has 9 heteroatoms. The fourth-order valence-corrected chi connectivity index (χ4v) is 4.44. The normalized spacial score (nSPS) is 11.6. The summed E-state index contributed by atoms with van der Waals surface area (Å²) in [5.41, 5.74) is 1.83. The molecule has 0 atom stereocenters. The SMILES string of the molecule is Cc1nc(-c2csc(S(=O)(=O)Nc3ccc(Cl)cc3C)c2)no1. The number of aryl methyl sites for hydroxylation is 2. The van der Waals surface area contributed by atoms with Gasteiger partial charge in [0.15, 0.2) is 0 Å². The van der Waals surface area contributed by atoms with Gasteiger partial charge >= 0.3 is 0 Å². The predicted molar refractivity (Wildman–Crippen MR) is 89.3 cm³/mol. The highest BCUT2D eigenvalue weighted by atomic mass is 35.5. The third-order valence-electron chi connectivity index (χ3n) is 3.06. The summed E-state index contributed by atoms with van der Waals surface area (Å²) in [5, 5.41) is 6.01. The van der Waals surface area contributed by atoms with E-state index in [-0.39, 0.29) is 4.21 Å². The number of nitrogens with one attached hydrogen (secondary N) is 1. The van der Waals surface area contributed by atoms with E-state index in [0.717, 1.165) is 16.9 Å². The van der Waals surface area contributed by atoms with Crippen LogP contribution in [0.25, 0.3) is 11.4 Å². The van der Waals surface area contributed by atoms with Crippen LogP contribution < -0.4 is 4.72 Å². The molecule has 0 spiro atoms. The lowest BCUT2D eigenvalue weighted by Crippen LogP contribution is -2.12. The number of hydrogen-bond donors (Lipinski definition) is 1. The van der Waals surface area contributed by atoms with E-state index in [4.69, 9.17) is 16.1 Å². The van der Waals surface area contributed by atoms with Crippen molar-refractivity contribution >= 4 is 38.6 Å². The van der Waals surface area contributed by atoms with Crippen LogP contribution in [-0.2, 0) is 10.0 Å². The minimum atomic E-state index is -3.69. The van der Waals surface area contributed by atoms with Crippen molar-refractivity contribution in [1.82, 2.24) is 10.1 Å². The molecule has 120 valence electrons. The Morgan fingerprint density at radius 1 is 1.26 bits per heavy atom. The zero-order valence-electron chi connectivity index (χ0n) is 12.2. The standard InChI is InChI=1S/C14H12ClN3O3S2/c1-8-5-11(15)3-4-12(8)18-23(19,20)13-6-10(7-22-13)14-16-9(2)21-17-14/h3-7,18H,1-2H3. The summed E-state index contributed by atoms with van der Waals surface area (Å²) in [4.78, 5) is 4.08. The highest BCUT2D eigenvalue weighted by molar-refractivity contribution is 7.94. The number of thiophene rings is 1. The average Bonchev–Trinajstić information content (AvgIpc) is 3.10. The van der Waals surface area contributed by atoms with Crippen molar-refractivity contribution in [1.29, 1.82) is 0 Å².